The quantitative estimate of drug-likeness (QED) is 0.913. The molecule has 2 rings (SSSR count). The zero-order chi connectivity index (χ0) is 13.9. The van der Waals surface area contributed by atoms with E-state index in [0.29, 0.717) is 12.8 Å². The summed E-state index contributed by atoms with van der Waals surface area (Å²) in [6, 6.07) is 7.35. The molecule has 0 heterocycles. The lowest BCUT2D eigenvalue weighted by molar-refractivity contribution is 0.414. The molecule has 0 saturated carbocycles. The summed E-state index contributed by atoms with van der Waals surface area (Å²) in [4.78, 5) is 0. The minimum absolute atomic E-state index is 0.358. The van der Waals surface area contributed by atoms with E-state index in [1.54, 1.807) is 19.3 Å². The Morgan fingerprint density at radius 3 is 2.42 bits per heavy atom. The molecule has 1 unspecified atom stereocenters. The molecule has 4 nitrogen and oxygen atoms in total. The van der Waals surface area contributed by atoms with Gasteiger partial charge in [-0.2, -0.15) is 0 Å². The molecular weight excluding hydrogens is 262 g/mol. The minimum atomic E-state index is -3.67. The number of allylic oxidation sites excluding steroid dienone is 3. The molecule has 1 aliphatic rings. The van der Waals surface area contributed by atoms with Gasteiger partial charge < -0.3 is 4.74 Å². The maximum Gasteiger partial charge on any atom is 0.219 e. The molecule has 1 atom stereocenters. The summed E-state index contributed by atoms with van der Waals surface area (Å²) in [5.74, 6) is 0.743. The molecule has 0 bridgehead atoms. The van der Waals surface area contributed by atoms with Crippen LogP contribution < -0.4 is 9.88 Å². The molecule has 1 aliphatic carbocycles. The molecule has 0 saturated heterocycles. The Morgan fingerprint density at radius 1 is 1.26 bits per heavy atom. The number of benzene rings is 1. The zero-order valence-electron chi connectivity index (χ0n) is 10.7. The van der Waals surface area contributed by atoms with Gasteiger partial charge in [0.05, 0.1) is 7.11 Å². The van der Waals surface area contributed by atoms with E-state index in [2.05, 4.69) is 0 Å². The van der Waals surface area contributed by atoms with E-state index < -0.39 is 14.8 Å². The second-order valence-corrected chi connectivity index (χ2v) is 6.53. The first-order valence-corrected chi connectivity index (χ1v) is 7.51. The first-order valence-electron chi connectivity index (χ1n) is 5.96. The van der Waals surface area contributed by atoms with E-state index in [1.807, 2.05) is 36.4 Å². The van der Waals surface area contributed by atoms with E-state index in [1.165, 1.54) is 0 Å². The van der Waals surface area contributed by atoms with Crippen molar-refractivity contribution in [1.29, 1.82) is 0 Å². The smallest absolute Gasteiger partial charge is 0.219 e. The molecule has 0 aliphatic heterocycles. The van der Waals surface area contributed by atoms with Crippen LogP contribution in [-0.2, 0) is 16.4 Å². The lowest BCUT2D eigenvalue weighted by Crippen LogP contribution is -2.44. The highest BCUT2D eigenvalue weighted by Gasteiger charge is 2.38. The number of rotatable bonds is 4. The van der Waals surface area contributed by atoms with E-state index in [4.69, 9.17) is 9.88 Å². The van der Waals surface area contributed by atoms with Gasteiger partial charge in [-0.15, -0.1) is 0 Å². The molecule has 0 amide bonds. The van der Waals surface area contributed by atoms with Crippen LogP contribution >= 0.6 is 0 Å². The molecule has 1 aromatic carbocycles. The number of ether oxygens (including phenoxy) is 1. The van der Waals surface area contributed by atoms with Crippen molar-refractivity contribution in [2.24, 2.45) is 5.14 Å². The Kier molecular flexibility index (Phi) is 3.78. The molecule has 19 heavy (non-hydrogen) atoms. The Morgan fingerprint density at radius 2 is 1.95 bits per heavy atom. The number of hydrogen-bond donors (Lipinski definition) is 1. The number of sulfonamides is 1. The van der Waals surface area contributed by atoms with Gasteiger partial charge in [0.25, 0.3) is 0 Å². The average Bonchev–Trinajstić information content (AvgIpc) is 2.39. The number of hydrogen-bond acceptors (Lipinski definition) is 3. The van der Waals surface area contributed by atoms with E-state index in [-0.39, 0.29) is 0 Å². The predicted octanol–water partition coefficient (Wildman–Crippen LogP) is 1.78. The van der Waals surface area contributed by atoms with Gasteiger partial charge in [-0.05, 0) is 30.5 Å². The maximum atomic E-state index is 11.9. The topological polar surface area (TPSA) is 69.4 Å². The Labute approximate surface area is 113 Å². The largest absolute Gasteiger partial charge is 0.497 e. The maximum absolute atomic E-state index is 11.9. The molecule has 0 aromatic heterocycles. The summed E-state index contributed by atoms with van der Waals surface area (Å²) < 4.78 is 27.8. The highest BCUT2D eigenvalue weighted by Crippen LogP contribution is 2.30. The summed E-state index contributed by atoms with van der Waals surface area (Å²) in [6.45, 7) is 0. The summed E-state index contributed by atoms with van der Waals surface area (Å²) in [6.07, 6.45) is 7.82. The van der Waals surface area contributed by atoms with Gasteiger partial charge in [0.1, 0.15) is 10.5 Å². The third-order valence-electron chi connectivity index (χ3n) is 3.34. The van der Waals surface area contributed by atoms with Crippen LogP contribution in [0.4, 0.5) is 0 Å². The fourth-order valence-electron chi connectivity index (χ4n) is 2.18. The van der Waals surface area contributed by atoms with Crippen molar-refractivity contribution >= 4 is 10.0 Å². The molecule has 5 heteroatoms. The molecule has 0 radical (unpaired) electrons. The monoisotopic (exact) mass is 279 g/mol. The summed E-state index contributed by atoms with van der Waals surface area (Å²) in [5.41, 5.74) is 0.912. The normalized spacial score (nSPS) is 22.4. The van der Waals surface area contributed by atoms with Crippen molar-refractivity contribution in [2.75, 3.05) is 7.11 Å². The van der Waals surface area contributed by atoms with Crippen molar-refractivity contribution in [3.05, 3.63) is 54.1 Å². The van der Waals surface area contributed by atoms with E-state index in [0.717, 1.165) is 11.3 Å². The average molecular weight is 279 g/mol. The van der Waals surface area contributed by atoms with E-state index >= 15 is 0 Å². The van der Waals surface area contributed by atoms with Crippen LogP contribution in [0, 0.1) is 0 Å². The van der Waals surface area contributed by atoms with Crippen LogP contribution in [0.15, 0.2) is 48.6 Å². The molecule has 102 valence electrons. The fourth-order valence-corrected chi connectivity index (χ4v) is 3.14. The van der Waals surface area contributed by atoms with Crippen molar-refractivity contribution in [2.45, 2.75) is 17.6 Å². The van der Waals surface area contributed by atoms with E-state index in [9.17, 15) is 8.42 Å². The van der Waals surface area contributed by atoms with Gasteiger partial charge >= 0.3 is 0 Å². The Balaban J connectivity index is 2.31. The second-order valence-electron chi connectivity index (χ2n) is 4.63. The van der Waals surface area contributed by atoms with Crippen molar-refractivity contribution in [3.8, 4) is 5.75 Å². The zero-order valence-corrected chi connectivity index (χ0v) is 11.6. The van der Waals surface area contributed by atoms with Crippen LogP contribution in [0.5, 0.6) is 5.75 Å². The van der Waals surface area contributed by atoms with Crippen molar-refractivity contribution in [1.82, 2.24) is 0 Å². The molecule has 0 spiro atoms. The van der Waals surface area contributed by atoms with Crippen LogP contribution in [-0.4, -0.2) is 20.3 Å². The Hall–Kier alpha value is -1.59. The number of primary sulfonamides is 1. The molecule has 0 fully saturated rings. The summed E-state index contributed by atoms with van der Waals surface area (Å²) in [5, 5.41) is 5.41. The summed E-state index contributed by atoms with van der Waals surface area (Å²) >= 11 is 0. The summed E-state index contributed by atoms with van der Waals surface area (Å²) in [7, 11) is -2.08. The minimum Gasteiger partial charge on any atom is -0.497 e. The van der Waals surface area contributed by atoms with Gasteiger partial charge in [0.15, 0.2) is 0 Å². The SMILES string of the molecule is COc1ccc(CC2(S(N)(=O)=O)C=CC=CC2)cc1. The highest BCUT2D eigenvalue weighted by molar-refractivity contribution is 7.90. The van der Waals surface area contributed by atoms with Crippen LogP contribution in [0.2, 0.25) is 0 Å². The molecular formula is C14H17NO3S. The highest BCUT2D eigenvalue weighted by atomic mass is 32.2. The van der Waals surface area contributed by atoms with Gasteiger partial charge in [-0.25, -0.2) is 13.6 Å². The van der Waals surface area contributed by atoms with Gasteiger partial charge in [-0.1, -0.05) is 36.4 Å². The second kappa shape index (κ2) is 5.19. The lowest BCUT2D eigenvalue weighted by atomic mass is 9.92. The third-order valence-corrected chi connectivity index (χ3v) is 4.92. The molecule has 2 N–H and O–H groups in total. The lowest BCUT2D eigenvalue weighted by Gasteiger charge is -2.28. The number of methoxy groups -OCH3 is 1. The van der Waals surface area contributed by atoms with Gasteiger partial charge in [0.2, 0.25) is 10.0 Å². The third kappa shape index (κ3) is 2.88. The van der Waals surface area contributed by atoms with Crippen LogP contribution in [0.3, 0.4) is 0 Å². The standard InChI is InChI=1S/C14H17NO3S/c1-18-13-7-5-12(6-8-13)11-14(19(15,16)17)9-3-2-4-10-14/h2-9H,10-11H2,1H3,(H2,15,16,17). The van der Waals surface area contributed by atoms with Gasteiger partial charge in [0, 0.05) is 0 Å². The van der Waals surface area contributed by atoms with Crippen molar-refractivity contribution in [3.63, 3.8) is 0 Å². The van der Waals surface area contributed by atoms with Gasteiger partial charge in [-0.3, -0.25) is 0 Å². The first-order chi connectivity index (χ1) is 8.97. The fraction of sp³-hybridized carbons (Fsp3) is 0.286. The van der Waals surface area contributed by atoms with Crippen LogP contribution in [0.1, 0.15) is 12.0 Å². The predicted molar refractivity (Wildman–Crippen MR) is 75.4 cm³/mol. The van der Waals surface area contributed by atoms with Crippen LogP contribution in [0.25, 0.3) is 0 Å². The Bertz CT molecular complexity index is 602. The first kappa shape index (κ1) is 13.8. The number of nitrogens with two attached hydrogens (primary N) is 1. The van der Waals surface area contributed by atoms with Crippen molar-refractivity contribution < 1.29 is 13.2 Å². The molecule has 1 aromatic rings.